The molecule has 0 saturated heterocycles. The van der Waals surface area contributed by atoms with Crippen molar-refractivity contribution in [3.05, 3.63) is 71.5 Å². The highest BCUT2D eigenvalue weighted by Gasteiger charge is 2.16. The van der Waals surface area contributed by atoms with Crippen LogP contribution in [0.15, 0.2) is 59.8 Å². The van der Waals surface area contributed by atoms with Crippen LogP contribution in [0.3, 0.4) is 0 Å². The molecule has 146 valence electrons. The van der Waals surface area contributed by atoms with Crippen LogP contribution >= 0.6 is 11.8 Å². The number of ether oxygens (including phenoxy) is 1. The molecule has 2 aromatic carbocycles. The van der Waals surface area contributed by atoms with Gasteiger partial charge in [0.1, 0.15) is 5.75 Å². The topological polar surface area (TPSA) is 69.0 Å². The maximum atomic E-state index is 12.4. The molecule has 0 spiro atoms. The van der Waals surface area contributed by atoms with E-state index in [2.05, 4.69) is 41.5 Å². The molecule has 6 nitrogen and oxygen atoms in total. The van der Waals surface area contributed by atoms with Crippen LogP contribution in [0.25, 0.3) is 0 Å². The Kier molecular flexibility index (Phi) is 6.71. The summed E-state index contributed by atoms with van der Waals surface area (Å²) in [5.74, 6) is 1.31. The lowest BCUT2D eigenvalue weighted by atomic mass is 10.2. The largest absolute Gasteiger partial charge is 0.497 e. The summed E-state index contributed by atoms with van der Waals surface area (Å²) in [5.41, 5.74) is 1.82. The van der Waals surface area contributed by atoms with E-state index in [1.54, 1.807) is 43.1 Å². The molecule has 0 fully saturated rings. The number of amides is 1. The molecule has 0 radical (unpaired) electrons. The van der Waals surface area contributed by atoms with Gasteiger partial charge in [-0.05, 0) is 43.7 Å². The highest BCUT2D eigenvalue weighted by atomic mass is 32.2. The van der Waals surface area contributed by atoms with E-state index in [-0.39, 0.29) is 11.2 Å². The summed E-state index contributed by atoms with van der Waals surface area (Å²) in [6.45, 7) is 5.27. The summed E-state index contributed by atoms with van der Waals surface area (Å²) in [6, 6.07) is 17.3. The van der Waals surface area contributed by atoms with Crippen molar-refractivity contribution < 1.29 is 9.53 Å². The standard InChI is InChI=1S/C21H24N4O2S/c1-4-25-19(14-22-20(26)17-10-12-18(27-3)13-11-17)23-24-21(25)28-15(2)16-8-6-5-7-9-16/h5-13,15H,4,14H2,1-3H3,(H,22,26). The molecule has 0 bridgehead atoms. The number of benzene rings is 2. The first-order valence-corrected chi connectivity index (χ1v) is 10.1. The van der Waals surface area contributed by atoms with Crippen molar-refractivity contribution in [1.29, 1.82) is 0 Å². The first kappa shape index (κ1) is 19.9. The van der Waals surface area contributed by atoms with Crippen LogP contribution in [-0.2, 0) is 13.1 Å². The molecule has 1 amide bonds. The molecule has 3 rings (SSSR count). The molecular formula is C21H24N4O2S. The van der Waals surface area contributed by atoms with Crippen LogP contribution in [-0.4, -0.2) is 27.8 Å². The quantitative estimate of drug-likeness (QED) is 0.581. The van der Waals surface area contributed by atoms with Gasteiger partial charge < -0.3 is 14.6 Å². The third-order valence-corrected chi connectivity index (χ3v) is 5.56. The number of carbonyl (C=O) groups excluding carboxylic acids is 1. The van der Waals surface area contributed by atoms with E-state index >= 15 is 0 Å². The fourth-order valence-electron chi connectivity index (χ4n) is 2.81. The van der Waals surface area contributed by atoms with Gasteiger partial charge in [-0.25, -0.2) is 0 Å². The van der Waals surface area contributed by atoms with Gasteiger partial charge >= 0.3 is 0 Å². The Morgan fingerprint density at radius 3 is 2.50 bits per heavy atom. The van der Waals surface area contributed by atoms with Crippen LogP contribution in [0.4, 0.5) is 0 Å². The van der Waals surface area contributed by atoms with Crippen molar-refractivity contribution in [1.82, 2.24) is 20.1 Å². The number of rotatable bonds is 8. The first-order chi connectivity index (χ1) is 13.6. The second-order valence-corrected chi connectivity index (χ2v) is 7.53. The number of nitrogens with zero attached hydrogens (tertiary/aromatic N) is 3. The van der Waals surface area contributed by atoms with Crippen LogP contribution in [0.5, 0.6) is 5.75 Å². The van der Waals surface area contributed by atoms with Crippen molar-refractivity contribution in [2.24, 2.45) is 0 Å². The Balaban J connectivity index is 1.65. The minimum atomic E-state index is -0.153. The van der Waals surface area contributed by atoms with Crippen molar-refractivity contribution in [2.75, 3.05) is 7.11 Å². The van der Waals surface area contributed by atoms with Crippen molar-refractivity contribution in [3.63, 3.8) is 0 Å². The zero-order chi connectivity index (χ0) is 19.9. The van der Waals surface area contributed by atoms with E-state index in [1.165, 1.54) is 5.56 Å². The second-order valence-electron chi connectivity index (χ2n) is 6.23. The average Bonchev–Trinajstić information content (AvgIpc) is 3.14. The third-order valence-electron chi connectivity index (χ3n) is 4.42. The smallest absolute Gasteiger partial charge is 0.251 e. The lowest BCUT2D eigenvalue weighted by molar-refractivity contribution is 0.0949. The first-order valence-electron chi connectivity index (χ1n) is 9.18. The molecule has 0 saturated carbocycles. The van der Waals surface area contributed by atoms with Crippen LogP contribution in [0, 0.1) is 0 Å². The van der Waals surface area contributed by atoms with E-state index in [9.17, 15) is 4.79 Å². The van der Waals surface area contributed by atoms with Gasteiger partial charge in [-0.15, -0.1) is 10.2 Å². The van der Waals surface area contributed by atoms with Gasteiger partial charge in [0.2, 0.25) is 0 Å². The Bertz CT molecular complexity index is 910. The van der Waals surface area contributed by atoms with Crippen molar-refractivity contribution in [3.8, 4) is 5.75 Å². The van der Waals surface area contributed by atoms with Crippen LogP contribution < -0.4 is 10.1 Å². The van der Waals surface area contributed by atoms with Crippen LogP contribution in [0.2, 0.25) is 0 Å². The van der Waals surface area contributed by atoms with Gasteiger partial charge in [0.15, 0.2) is 11.0 Å². The summed E-state index contributed by atoms with van der Waals surface area (Å²) in [7, 11) is 1.60. The number of methoxy groups -OCH3 is 1. The molecule has 0 aliphatic rings. The Morgan fingerprint density at radius 1 is 1.14 bits per heavy atom. The van der Waals surface area contributed by atoms with Gasteiger partial charge in [-0.1, -0.05) is 42.1 Å². The van der Waals surface area contributed by atoms with E-state index < -0.39 is 0 Å². The van der Waals surface area contributed by atoms with Gasteiger partial charge in [-0.2, -0.15) is 0 Å². The van der Waals surface area contributed by atoms with Crippen molar-refractivity contribution >= 4 is 17.7 Å². The molecule has 1 unspecified atom stereocenters. The highest BCUT2D eigenvalue weighted by molar-refractivity contribution is 7.99. The zero-order valence-electron chi connectivity index (χ0n) is 16.3. The summed E-state index contributed by atoms with van der Waals surface area (Å²) >= 11 is 1.67. The normalized spacial score (nSPS) is 11.8. The van der Waals surface area contributed by atoms with E-state index in [0.717, 1.165) is 23.3 Å². The molecule has 0 aliphatic heterocycles. The average molecular weight is 397 g/mol. The fraction of sp³-hybridized carbons (Fsp3) is 0.286. The molecule has 7 heteroatoms. The van der Waals surface area contributed by atoms with Gasteiger partial charge in [0, 0.05) is 17.4 Å². The SMILES string of the molecule is CCn1c(CNC(=O)c2ccc(OC)cc2)nnc1SC(C)c1ccccc1. The van der Waals surface area contributed by atoms with E-state index in [1.807, 2.05) is 22.8 Å². The molecular weight excluding hydrogens is 372 g/mol. The Hall–Kier alpha value is -2.80. The zero-order valence-corrected chi connectivity index (χ0v) is 17.1. The van der Waals surface area contributed by atoms with Gasteiger partial charge in [-0.3, -0.25) is 4.79 Å². The van der Waals surface area contributed by atoms with Crippen molar-refractivity contribution in [2.45, 2.75) is 37.3 Å². The lowest BCUT2D eigenvalue weighted by Crippen LogP contribution is -2.24. The minimum Gasteiger partial charge on any atom is -0.497 e. The second kappa shape index (κ2) is 9.41. The fourth-order valence-corrected chi connectivity index (χ4v) is 3.87. The number of thioether (sulfide) groups is 1. The third kappa shape index (κ3) is 4.72. The molecule has 1 heterocycles. The van der Waals surface area contributed by atoms with Gasteiger partial charge in [0.25, 0.3) is 5.91 Å². The number of nitrogens with one attached hydrogen (secondary N) is 1. The minimum absolute atomic E-state index is 0.153. The summed E-state index contributed by atoms with van der Waals surface area (Å²) in [4.78, 5) is 12.4. The molecule has 28 heavy (non-hydrogen) atoms. The summed E-state index contributed by atoms with van der Waals surface area (Å²) in [6.07, 6.45) is 0. The molecule has 3 aromatic rings. The Labute approximate surface area is 169 Å². The summed E-state index contributed by atoms with van der Waals surface area (Å²) in [5, 5.41) is 12.6. The number of hydrogen-bond donors (Lipinski definition) is 1. The predicted molar refractivity (Wildman–Crippen MR) is 111 cm³/mol. The van der Waals surface area contributed by atoms with E-state index in [0.29, 0.717) is 12.1 Å². The number of aromatic nitrogens is 3. The Morgan fingerprint density at radius 2 is 1.86 bits per heavy atom. The summed E-state index contributed by atoms with van der Waals surface area (Å²) < 4.78 is 7.16. The maximum Gasteiger partial charge on any atom is 0.251 e. The molecule has 1 atom stereocenters. The lowest BCUT2D eigenvalue weighted by Gasteiger charge is -2.12. The van der Waals surface area contributed by atoms with E-state index in [4.69, 9.17) is 4.74 Å². The maximum absolute atomic E-state index is 12.4. The van der Waals surface area contributed by atoms with Crippen LogP contribution in [0.1, 0.15) is 40.8 Å². The monoisotopic (exact) mass is 396 g/mol. The number of hydrogen-bond acceptors (Lipinski definition) is 5. The molecule has 0 aliphatic carbocycles. The predicted octanol–water partition coefficient (Wildman–Crippen LogP) is 4.09. The van der Waals surface area contributed by atoms with Gasteiger partial charge in [0.05, 0.1) is 13.7 Å². The molecule has 1 N–H and O–H groups in total. The highest BCUT2D eigenvalue weighted by Crippen LogP contribution is 2.33. The number of carbonyl (C=O) groups is 1. The molecule has 1 aromatic heterocycles.